The maximum absolute atomic E-state index is 12.9. The quantitative estimate of drug-likeness (QED) is 0.531. The Morgan fingerprint density at radius 1 is 1.00 bits per heavy atom. The lowest BCUT2D eigenvalue weighted by atomic mass is 9.95. The summed E-state index contributed by atoms with van der Waals surface area (Å²) in [7, 11) is -3.52. The van der Waals surface area contributed by atoms with Gasteiger partial charge in [0.05, 0.1) is 29.1 Å². The van der Waals surface area contributed by atoms with Crippen LogP contribution in [0.15, 0.2) is 53.4 Å². The highest BCUT2D eigenvalue weighted by molar-refractivity contribution is 7.89. The summed E-state index contributed by atoms with van der Waals surface area (Å²) in [5, 5.41) is 3.04. The molecular formula is C26H32N4O4S. The molecule has 5 rings (SSSR count). The van der Waals surface area contributed by atoms with Gasteiger partial charge in [-0.15, -0.1) is 0 Å². The number of ether oxygens (including phenoxy) is 1. The van der Waals surface area contributed by atoms with Gasteiger partial charge in [0.1, 0.15) is 0 Å². The molecule has 0 atom stereocenters. The maximum Gasteiger partial charge on any atom is 0.243 e. The third-order valence-corrected chi connectivity index (χ3v) is 8.87. The molecule has 1 saturated carbocycles. The molecule has 2 fully saturated rings. The summed E-state index contributed by atoms with van der Waals surface area (Å²) in [6.45, 7) is 1.58. The Morgan fingerprint density at radius 3 is 2.46 bits per heavy atom. The fourth-order valence-corrected chi connectivity index (χ4v) is 6.46. The van der Waals surface area contributed by atoms with Gasteiger partial charge in [-0.25, -0.2) is 13.4 Å². The van der Waals surface area contributed by atoms with Crippen LogP contribution in [0, 0.1) is 0 Å². The number of hydrogen-bond acceptors (Lipinski definition) is 5. The van der Waals surface area contributed by atoms with Crippen molar-refractivity contribution in [3.05, 3.63) is 54.1 Å². The van der Waals surface area contributed by atoms with Gasteiger partial charge < -0.3 is 9.30 Å². The van der Waals surface area contributed by atoms with E-state index in [4.69, 9.17) is 9.72 Å². The van der Waals surface area contributed by atoms with E-state index in [1.807, 2.05) is 18.2 Å². The molecule has 8 nitrogen and oxygen atoms in total. The lowest BCUT2D eigenvalue weighted by molar-refractivity contribution is -0.116. The zero-order chi connectivity index (χ0) is 24.3. The Hall–Kier alpha value is -2.75. The molecule has 0 radical (unpaired) electrons. The number of morpholine rings is 1. The molecule has 186 valence electrons. The SMILES string of the molecule is O=C(CCc1ccc(S(=O)(=O)N2CCOCC2)cc1)Nc1nc2ccccc2n1C1CCCCC1. The molecule has 1 saturated heterocycles. The molecule has 0 bridgehead atoms. The highest BCUT2D eigenvalue weighted by Crippen LogP contribution is 2.34. The monoisotopic (exact) mass is 496 g/mol. The maximum atomic E-state index is 12.9. The minimum atomic E-state index is -3.52. The summed E-state index contributed by atoms with van der Waals surface area (Å²) in [4.78, 5) is 17.8. The molecule has 1 aromatic heterocycles. The highest BCUT2D eigenvalue weighted by atomic mass is 32.2. The van der Waals surface area contributed by atoms with Crippen LogP contribution in [-0.4, -0.2) is 54.5 Å². The van der Waals surface area contributed by atoms with Crippen molar-refractivity contribution in [3.63, 3.8) is 0 Å². The van der Waals surface area contributed by atoms with E-state index in [0.717, 1.165) is 29.4 Å². The van der Waals surface area contributed by atoms with Crippen molar-refractivity contribution in [2.75, 3.05) is 31.6 Å². The standard InChI is InChI=1S/C26H32N4O4S/c31-25(15-12-20-10-13-22(14-11-20)35(32,33)29-16-18-34-19-17-29)28-26-27-23-8-4-5-9-24(23)30(26)21-6-2-1-3-7-21/h4-5,8-11,13-14,21H,1-3,6-7,12,15-19H2,(H,27,28,31). The second kappa shape index (κ2) is 10.5. The fourth-order valence-electron chi connectivity index (χ4n) is 5.05. The Morgan fingerprint density at radius 2 is 1.71 bits per heavy atom. The number of benzene rings is 2. The van der Waals surface area contributed by atoms with Crippen molar-refractivity contribution in [3.8, 4) is 0 Å². The van der Waals surface area contributed by atoms with Crippen LogP contribution in [0.1, 0.15) is 50.1 Å². The Labute approximate surface area is 206 Å². The summed E-state index contributed by atoms with van der Waals surface area (Å²) in [6, 6.07) is 15.2. The van der Waals surface area contributed by atoms with Gasteiger partial charge in [-0.1, -0.05) is 43.5 Å². The highest BCUT2D eigenvalue weighted by Gasteiger charge is 2.26. The third-order valence-electron chi connectivity index (χ3n) is 6.96. The van der Waals surface area contributed by atoms with Crippen LogP contribution in [0.3, 0.4) is 0 Å². The minimum absolute atomic E-state index is 0.0950. The van der Waals surface area contributed by atoms with Crippen LogP contribution in [0.2, 0.25) is 0 Å². The van der Waals surface area contributed by atoms with E-state index in [1.54, 1.807) is 24.3 Å². The molecule has 3 aromatic rings. The van der Waals surface area contributed by atoms with Gasteiger partial charge in [0, 0.05) is 25.6 Å². The zero-order valence-electron chi connectivity index (χ0n) is 19.9. The lowest BCUT2D eigenvalue weighted by Crippen LogP contribution is -2.40. The van der Waals surface area contributed by atoms with Gasteiger partial charge in [0.15, 0.2) is 0 Å². The Bertz CT molecular complexity index is 1270. The smallest absolute Gasteiger partial charge is 0.243 e. The second-order valence-corrected chi connectivity index (χ2v) is 11.2. The molecule has 9 heteroatoms. The predicted molar refractivity (Wildman–Crippen MR) is 135 cm³/mol. The summed E-state index contributed by atoms with van der Waals surface area (Å²) in [5.41, 5.74) is 2.87. The van der Waals surface area contributed by atoms with Gasteiger partial charge in [-0.2, -0.15) is 4.31 Å². The molecule has 1 N–H and O–H groups in total. The van der Waals surface area contributed by atoms with E-state index in [9.17, 15) is 13.2 Å². The van der Waals surface area contributed by atoms with Gasteiger partial charge in [-0.05, 0) is 49.1 Å². The average Bonchev–Trinajstić information content (AvgIpc) is 3.26. The normalized spacial score (nSPS) is 18.1. The number of imidazole rings is 1. The number of carbonyl (C=O) groups is 1. The molecule has 2 aliphatic rings. The Kier molecular flexibility index (Phi) is 7.17. The van der Waals surface area contributed by atoms with Crippen molar-refractivity contribution >= 4 is 32.9 Å². The lowest BCUT2D eigenvalue weighted by Gasteiger charge is -2.26. The number of nitrogens with one attached hydrogen (secondary N) is 1. The first-order valence-electron chi connectivity index (χ1n) is 12.5. The summed E-state index contributed by atoms with van der Waals surface area (Å²) >= 11 is 0. The summed E-state index contributed by atoms with van der Waals surface area (Å²) in [5.74, 6) is 0.525. The summed E-state index contributed by atoms with van der Waals surface area (Å²) in [6.07, 6.45) is 6.67. The number of aromatic nitrogens is 2. The number of hydrogen-bond donors (Lipinski definition) is 1. The number of fused-ring (bicyclic) bond motifs is 1. The first kappa shape index (κ1) is 24.0. The number of amides is 1. The van der Waals surface area contributed by atoms with Gasteiger partial charge in [-0.3, -0.25) is 10.1 Å². The molecule has 1 aliphatic carbocycles. The van der Waals surface area contributed by atoms with Crippen molar-refractivity contribution in [2.45, 2.75) is 55.9 Å². The predicted octanol–water partition coefficient (Wildman–Crippen LogP) is 4.13. The van der Waals surface area contributed by atoms with Crippen molar-refractivity contribution in [1.29, 1.82) is 0 Å². The number of aryl methyl sites for hydroxylation is 1. The van der Waals surface area contributed by atoms with Crippen LogP contribution >= 0.6 is 0 Å². The van der Waals surface area contributed by atoms with Gasteiger partial charge in [0.2, 0.25) is 21.9 Å². The second-order valence-electron chi connectivity index (χ2n) is 9.29. The van der Waals surface area contributed by atoms with Crippen LogP contribution in [0.5, 0.6) is 0 Å². The van der Waals surface area contributed by atoms with Crippen molar-refractivity contribution < 1.29 is 17.9 Å². The van der Waals surface area contributed by atoms with Crippen molar-refractivity contribution in [2.24, 2.45) is 0 Å². The number of sulfonamides is 1. The number of nitrogens with zero attached hydrogens (tertiary/aromatic N) is 3. The van der Waals surface area contributed by atoms with Crippen LogP contribution < -0.4 is 5.32 Å². The number of rotatable bonds is 7. The number of para-hydroxylation sites is 2. The van der Waals surface area contributed by atoms with E-state index >= 15 is 0 Å². The Balaban J connectivity index is 1.24. The van der Waals surface area contributed by atoms with Gasteiger partial charge in [0.25, 0.3) is 0 Å². The van der Waals surface area contributed by atoms with E-state index in [1.165, 1.54) is 23.6 Å². The number of carbonyl (C=O) groups excluding carboxylic acids is 1. The van der Waals surface area contributed by atoms with E-state index < -0.39 is 10.0 Å². The van der Waals surface area contributed by atoms with Crippen LogP contribution in [0.4, 0.5) is 5.95 Å². The largest absolute Gasteiger partial charge is 0.379 e. The average molecular weight is 497 g/mol. The van der Waals surface area contributed by atoms with Crippen LogP contribution in [0.25, 0.3) is 11.0 Å². The third kappa shape index (κ3) is 5.27. The molecular weight excluding hydrogens is 464 g/mol. The summed E-state index contributed by atoms with van der Waals surface area (Å²) < 4.78 is 34.5. The molecule has 1 aliphatic heterocycles. The van der Waals surface area contributed by atoms with E-state index in [2.05, 4.69) is 16.0 Å². The molecule has 2 aromatic carbocycles. The van der Waals surface area contributed by atoms with Gasteiger partial charge >= 0.3 is 0 Å². The molecule has 0 unspecified atom stereocenters. The first-order valence-corrected chi connectivity index (χ1v) is 13.9. The van der Waals surface area contributed by atoms with Crippen LogP contribution in [-0.2, 0) is 26.0 Å². The van der Waals surface area contributed by atoms with Crippen molar-refractivity contribution in [1.82, 2.24) is 13.9 Å². The molecule has 1 amide bonds. The van der Waals surface area contributed by atoms with E-state index in [0.29, 0.717) is 51.1 Å². The molecule has 35 heavy (non-hydrogen) atoms. The molecule has 2 heterocycles. The molecule has 0 spiro atoms. The fraction of sp³-hybridized carbons (Fsp3) is 0.462. The minimum Gasteiger partial charge on any atom is -0.379 e. The van der Waals surface area contributed by atoms with E-state index in [-0.39, 0.29) is 10.8 Å². The zero-order valence-corrected chi connectivity index (χ0v) is 20.7. The topological polar surface area (TPSA) is 93.5 Å². The number of anilines is 1. The first-order chi connectivity index (χ1) is 17.0.